The van der Waals surface area contributed by atoms with Gasteiger partial charge in [-0.15, -0.1) is 0 Å². The second-order valence-electron chi connectivity index (χ2n) is 4.10. The summed E-state index contributed by atoms with van der Waals surface area (Å²) < 4.78 is 42.6. The number of carbonyl (C=O) groups excluding carboxylic acids is 1. The molecule has 2 aromatic rings. The van der Waals surface area contributed by atoms with Crippen molar-refractivity contribution < 1.29 is 22.7 Å². The molecule has 1 aromatic carbocycles. The van der Waals surface area contributed by atoms with Gasteiger partial charge in [0.2, 0.25) is 0 Å². The average Bonchev–Trinajstić information content (AvgIpc) is 2.46. The molecule has 0 fully saturated rings. The summed E-state index contributed by atoms with van der Waals surface area (Å²) in [5, 5.41) is 2.53. The fourth-order valence-electron chi connectivity index (χ4n) is 1.54. The van der Waals surface area contributed by atoms with Crippen molar-refractivity contribution in [2.24, 2.45) is 0 Å². The minimum Gasteiger partial charge on any atom is -0.484 e. The van der Waals surface area contributed by atoms with Crippen LogP contribution in [-0.2, 0) is 11.0 Å². The molecule has 0 atom stereocenters. The molecule has 0 unspecified atom stereocenters. The van der Waals surface area contributed by atoms with Gasteiger partial charge >= 0.3 is 6.18 Å². The van der Waals surface area contributed by atoms with Crippen LogP contribution in [0.25, 0.3) is 0 Å². The molecule has 4 nitrogen and oxygen atoms in total. The van der Waals surface area contributed by atoms with E-state index in [0.717, 1.165) is 12.1 Å². The fourth-order valence-corrected chi connectivity index (χ4v) is 1.54. The maximum atomic E-state index is 12.5. The molecule has 1 aromatic heterocycles. The molecule has 1 N–H and O–H groups in total. The summed E-state index contributed by atoms with van der Waals surface area (Å²) in [6.07, 6.45) is -1.44. The molecule has 0 radical (unpaired) electrons. The number of benzene rings is 1. The zero-order chi connectivity index (χ0) is 15.3. The monoisotopic (exact) mass is 296 g/mol. The Labute approximate surface area is 118 Å². The first-order valence-corrected chi connectivity index (χ1v) is 5.95. The highest BCUT2D eigenvalue weighted by Crippen LogP contribution is 2.31. The van der Waals surface area contributed by atoms with Gasteiger partial charge in [0, 0.05) is 18.1 Å². The van der Waals surface area contributed by atoms with Crippen molar-refractivity contribution in [3.8, 4) is 5.75 Å². The topological polar surface area (TPSA) is 51.2 Å². The second-order valence-corrected chi connectivity index (χ2v) is 4.10. The highest BCUT2D eigenvalue weighted by atomic mass is 19.4. The van der Waals surface area contributed by atoms with Crippen LogP contribution in [-0.4, -0.2) is 17.5 Å². The zero-order valence-corrected chi connectivity index (χ0v) is 10.7. The lowest BCUT2D eigenvalue weighted by Gasteiger charge is -2.10. The number of carbonyl (C=O) groups is 1. The van der Waals surface area contributed by atoms with E-state index in [4.69, 9.17) is 4.74 Å². The third-order valence-electron chi connectivity index (χ3n) is 2.50. The van der Waals surface area contributed by atoms with Gasteiger partial charge in [0.1, 0.15) is 5.75 Å². The van der Waals surface area contributed by atoms with Gasteiger partial charge in [0.05, 0.1) is 5.56 Å². The number of hydrogen-bond donors (Lipinski definition) is 1. The Morgan fingerprint density at radius 1 is 1.19 bits per heavy atom. The van der Waals surface area contributed by atoms with Crippen LogP contribution >= 0.6 is 0 Å². The molecule has 110 valence electrons. The first kappa shape index (κ1) is 14.8. The lowest BCUT2D eigenvalue weighted by molar-refractivity contribution is -0.137. The molecule has 7 heteroatoms. The molecule has 0 bridgehead atoms. The van der Waals surface area contributed by atoms with E-state index in [1.54, 1.807) is 12.1 Å². The Balaban J connectivity index is 1.92. The van der Waals surface area contributed by atoms with E-state index in [0.29, 0.717) is 5.69 Å². The Kier molecular flexibility index (Phi) is 4.42. The normalized spacial score (nSPS) is 11.0. The summed E-state index contributed by atoms with van der Waals surface area (Å²) in [6.45, 7) is -0.385. The summed E-state index contributed by atoms with van der Waals surface area (Å²) in [5.74, 6) is -0.492. The molecule has 0 aliphatic rings. The minimum atomic E-state index is -4.45. The van der Waals surface area contributed by atoms with E-state index >= 15 is 0 Å². The molecule has 2 rings (SSSR count). The third-order valence-corrected chi connectivity index (χ3v) is 2.50. The highest BCUT2D eigenvalue weighted by Gasteiger charge is 2.30. The van der Waals surface area contributed by atoms with Crippen molar-refractivity contribution in [2.45, 2.75) is 6.18 Å². The Morgan fingerprint density at radius 2 is 1.90 bits per heavy atom. The molecule has 1 heterocycles. The molecular formula is C14H11F3N2O2. The number of pyridine rings is 1. The van der Waals surface area contributed by atoms with Crippen molar-refractivity contribution in [1.29, 1.82) is 0 Å². The van der Waals surface area contributed by atoms with Crippen molar-refractivity contribution in [3.05, 3.63) is 54.4 Å². The Hall–Kier alpha value is -2.57. The van der Waals surface area contributed by atoms with E-state index in [9.17, 15) is 18.0 Å². The summed E-state index contributed by atoms with van der Waals surface area (Å²) in [5.41, 5.74) is -0.294. The molecule has 1 amide bonds. The highest BCUT2D eigenvalue weighted by molar-refractivity contribution is 5.91. The van der Waals surface area contributed by atoms with Gasteiger partial charge < -0.3 is 10.1 Å². The van der Waals surface area contributed by atoms with Crippen molar-refractivity contribution in [2.75, 3.05) is 11.9 Å². The SMILES string of the molecule is O=C(COc1cccc(C(F)(F)F)c1)Nc1ccncc1. The maximum Gasteiger partial charge on any atom is 0.416 e. The Morgan fingerprint density at radius 3 is 2.57 bits per heavy atom. The first-order chi connectivity index (χ1) is 9.95. The molecule has 0 aliphatic carbocycles. The van der Waals surface area contributed by atoms with E-state index in [2.05, 4.69) is 10.3 Å². The average molecular weight is 296 g/mol. The zero-order valence-electron chi connectivity index (χ0n) is 10.7. The van der Waals surface area contributed by atoms with Gasteiger partial charge in [0.15, 0.2) is 6.61 Å². The molecule has 0 saturated carbocycles. The van der Waals surface area contributed by atoms with E-state index in [-0.39, 0.29) is 12.4 Å². The number of anilines is 1. The maximum absolute atomic E-state index is 12.5. The van der Waals surface area contributed by atoms with Crippen molar-refractivity contribution in [3.63, 3.8) is 0 Å². The molecule has 21 heavy (non-hydrogen) atoms. The van der Waals surface area contributed by atoms with E-state index < -0.39 is 17.6 Å². The number of nitrogens with zero attached hydrogens (tertiary/aromatic N) is 1. The molecule has 0 saturated heterocycles. The van der Waals surface area contributed by atoms with Crippen LogP contribution < -0.4 is 10.1 Å². The van der Waals surface area contributed by atoms with Gasteiger partial charge in [-0.3, -0.25) is 9.78 Å². The number of aromatic nitrogens is 1. The van der Waals surface area contributed by atoms with Gasteiger partial charge in [-0.1, -0.05) is 6.07 Å². The number of ether oxygens (including phenoxy) is 1. The van der Waals surface area contributed by atoms with E-state index in [1.165, 1.54) is 24.5 Å². The van der Waals surface area contributed by atoms with Crippen LogP contribution in [0.1, 0.15) is 5.56 Å². The second kappa shape index (κ2) is 6.25. The molecule has 0 spiro atoms. The van der Waals surface area contributed by atoms with Crippen LogP contribution in [0, 0.1) is 0 Å². The number of alkyl halides is 3. The standard InChI is InChI=1S/C14H11F3N2O2/c15-14(16,17)10-2-1-3-12(8-10)21-9-13(20)19-11-4-6-18-7-5-11/h1-8H,9H2,(H,18,19,20). The van der Waals surface area contributed by atoms with Gasteiger partial charge in [0.25, 0.3) is 5.91 Å². The van der Waals surface area contributed by atoms with Crippen LogP contribution in [0.15, 0.2) is 48.8 Å². The summed E-state index contributed by atoms with van der Waals surface area (Å²) in [4.78, 5) is 15.4. The van der Waals surface area contributed by atoms with Gasteiger partial charge in [-0.05, 0) is 30.3 Å². The van der Waals surface area contributed by atoms with Crippen LogP contribution in [0.5, 0.6) is 5.75 Å². The predicted octanol–water partition coefficient (Wildman–Crippen LogP) is 3.12. The number of nitrogens with one attached hydrogen (secondary N) is 1. The lowest BCUT2D eigenvalue weighted by Crippen LogP contribution is -2.20. The quantitative estimate of drug-likeness (QED) is 0.943. The smallest absolute Gasteiger partial charge is 0.416 e. The minimum absolute atomic E-state index is 0.0188. The molecular weight excluding hydrogens is 285 g/mol. The van der Waals surface area contributed by atoms with Crippen molar-refractivity contribution in [1.82, 2.24) is 4.98 Å². The third kappa shape index (κ3) is 4.48. The first-order valence-electron chi connectivity index (χ1n) is 5.95. The number of rotatable bonds is 4. The number of hydrogen-bond acceptors (Lipinski definition) is 3. The van der Waals surface area contributed by atoms with Crippen molar-refractivity contribution >= 4 is 11.6 Å². The van der Waals surface area contributed by atoms with Gasteiger partial charge in [-0.25, -0.2) is 0 Å². The van der Waals surface area contributed by atoms with Gasteiger partial charge in [-0.2, -0.15) is 13.2 Å². The predicted molar refractivity (Wildman–Crippen MR) is 69.8 cm³/mol. The summed E-state index contributed by atoms with van der Waals surface area (Å²) in [6, 6.07) is 7.53. The van der Waals surface area contributed by atoms with E-state index in [1.807, 2.05) is 0 Å². The van der Waals surface area contributed by atoms with Crippen LogP contribution in [0.3, 0.4) is 0 Å². The van der Waals surface area contributed by atoms with Crippen LogP contribution in [0.4, 0.5) is 18.9 Å². The number of amides is 1. The fraction of sp³-hybridized carbons (Fsp3) is 0.143. The lowest BCUT2D eigenvalue weighted by atomic mass is 10.2. The van der Waals surface area contributed by atoms with Crippen LogP contribution in [0.2, 0.25) is 0 Å². The number of halogens is 3. The largest absolute Gasteiger partial charge is 0.484 e. The Bertz CT molecular complexity index is 615. The summed E-state index contributed by atoms with van der Waals surface area (Å²) in [7, 11) is 0. The molecule has 0 aliphatic heterocycles. The summed E-state index contributed by atoms with van der Waals surface area (Å²) >= 11 is 0.